The van der Waals surface area contributed by atoms with Crippen molar-refractivity contribution >= 4 is 27.3 Å². The zero-order valence-corrected chi connectivity index (χ0v) is 14.7. The highest BCUT2D eigenvalue weighted by Crippen LogP contribution is 2.18. The molecule has 2 rings (SSSR count). The van der Waals surface area contributed by atoms with Gasteiger partial charge in [-0.2, -0.15) is 0 Å². The largest absolute Gasteiger partial charge is 0.269 e. The summed E-state index contributed by atoms with van der Waals surface area (Å²) < 4.78 is 0. The molecule has 0 aromatic heterocycles. The molecule has 122 valence electrons. The van der Waals surface area contributed by atoms with Crippen molar-refractivity contribution in [2.75, 3.05) is 0 Å². The summed E-state index contributed by atoms with van der Waals surface area (Å²) in [6.07, 6.45) is 0. The Morgan fingerprint density at radius 2 is 1.17 bits per heavy atom. The quantitative estimate of drug-likeness (QED) is 0.425. The molecule has 23 heavy (non-hydrogen) atoms. The highest BCUT2D eigenvalue weighted by atomic mass is 79.9. The van der Waals surface area contributed by atoms with Gasteiger partial charge in [-0.1, -0.05) is 28.1 Å². The van der Waals surface area contributed by atoms with E-state index in [1.54, 1.807) is 24.3 Å². The molecule has 0 unspecified atom stereocenters. The Bertz CT molecular complexity index is 712. The maximum atomic E-state index is 10.4. The Kier molecular flexibility index (Phi) is 6.84. The summed E-state index contributed by atoms with van der Waals surface area (Å²) in [5.41, 5.74) is 4.03. The predicted octanol–water partition coefficient (Wildman–Crippen LogP) is 5.01. The van der Waals surface area contributed by atoms with Gasteiger partial charge in [0.15, 0.2) is 0 Å². The molecule has 0 aliphatic rings. The van der Waals surface area contributed by atoms with Crippen molar-refractivity contribution < 1.29 is 9.85 Å². The third-order valence-electron chi connectivity index (χ3n) is 2.90. The molecule has 0 atom stereocenters. The molecule has 0 N–H and O–H groups in total. The average Bonchev–Trinajstić information content (AvgIpc) is 2.46. The molecule has 6 nitrogen and oxygen atoms in total. The maximum Gasteiger partial charge on any atom is 0.269 e. The number of aryl methyl sites for hydroxylation is 3. The van der Waals surface area contributed by atoms with Crippen LogP contribution in [0.15, 0.2) is 36.4 Å². The average molecular weight is 381 g/mol. The number of nitro groups is 2. The second kappa shape index (κ2) is 8.38. The molecule has 0 radical (unpaired) electrons. The van der Waals surface area contributed by atoms with Crippen molar-refractivity contribution in [3.05, 3.63) is 78.9 Å². The van der Waals surface area contributed by atoms with Crippen LogP contribution in [-0.2, 0) is 5.33 Å². The zero-order valence-electron chi connectivity index (χ0n) is 13.1. The van der Waals surface area contributed by atoms with Gasteiger partial charge in [-0.05, 0) is 43.0 Å². The number of non-ortho nitro benzene ring substituents is 2. The van der Waals surface area contributed by atoms with Crippen LogP contribution in [0.4, 0.5) is 11.4 Å². The highest BCUT2D eigenvalue weighted by molar-refractivity contribution is 9.08. The third kappa shape index (κ3) is 6.15. The van der Waals surface area contributed by atoms with E-state index in [0.29, 0.717) is 5.33 Å². The molecule has 0 aliphatic heterocycles. The molecule has 2 aromatic rings. The summed E-state index contributed by atoms with van der Waals surface area (Å²) >= 11 is 3.25. The minimum atomic E-state index is -0.376. The fraction of sp³-hybridized carbons (Fsp3) is 0.250. The van der Waals surface area contributed by atoms with Gasteiger partial charge in [0, 0.05) is 29.6 Å². The number of hydrogen-bond donors (Lipinski definition) is 0. The fourth-order valence-electron chi connectivity index (χ4n) is 2.08. The van der Waals surface area contributed by atoms with Crippen molar-refractivity contribution in [3.63, 3.8) is 0 Å². The molecule has 0 fully saturated rings. The van der Waals surface area contributed by atoms with Crippen molar-refractivity contribution in [1.29, 1.82) is 0 Å². The monoisotopic (exact) mass is 380 g/mol. The number of alkyl halides is 1. The van der Waals surface area contributed by atoms with Crippen LogP contribution in [0.1, 0.15) is 22.3 Å². The second-order valence-corrected chi connectivity index (χ2v) is 5.73. The molecule has 0 aliphatic carbocycles. The summed E-state index contributed by atoms with van der Waals surface area (Å²) in [6.45, 7) is 5.54. The number of nitrogens with zero attached hydrogens (tertiary/aromatic N) is 2. The summed E-state index contributed by atoms with van der Waals surface area (Å²) in [7, 11) is 0. The van der Waals surface area contributed by atoms with Crippen molar-refractivity contribution in [1.82, 2.24) is 0 Å². The molecule has 0 bridgehead atoms. The van der Waals surface area contributed by atoms with Gasteiger partial charge in [0.1, 0.15) is 0 Å². The van der Waals surface area contributed by atoms with E-state index in [0.717, 1.165) is 22.3 Å². The van der Waals surface area contributed by atoms with Crippen LogP contribution in [0.2, 0.25) is 0 Å². The van der Waals surface area contributed by atoms with Crippen LogP contribution < -0.4 is 0 Å². The Balaban J connectivity index is 0.000000231. The van der Waals surface area contributed by atoms with Gasteiger partial charge in [-0.25, -0.2) is 0 Å². The van der Waals surface area contributed by atoms with E-state index >= 15 is 0 Å². The summed E-state index contributed by atoms with van der Waals surface area (Å²) in [4.78, 5) is 20.0. The highest BCUT2D eigenvalue weighted by Gasteiger charge is 2.06. The molecule has 2 aromatic carbocycles. The topological polar surface area (TPSA) is 86.3 Å². The molecule has 0 saturated heterocycles. The fourth-order valence-corrected chi connectivity index (χ4v) is 2.40. The number of benzene rings is 2. The number of rotatable bonds is 3. The van der Waals surface area contributed by atoms with Gasteiger partial charge in [-0.3, -0.25) is 20.2 Å². The predicted molar refractivity (Wildman–Crippen MR) is 93.0 cm³/mol. The lowest BCUT2D eigenvalue weighted by Crippen LogP contribution is -1.90. The van der Waals surface area contributed by atoms with Gasteiger partial charge < -0.3 is 0 Å². The number of halogens is 1. The van der Waals surface area contributed by atoms with E-state index in [-0.39, 0.29) is 21.2 Å². The van der Waals surface area contributed by atoms with Crippen LogP contribution in [0.3, 0.4) is 0 Å². The normalized spacial score (nSPS) is 9.74. The second-order valence-electron chi connectivity index (χ2n) is 5.17. The van der Waals surface area contributed by atoms with Gasteiger partial charge in [0.25, 0.3) is 11.4 Å². The lowest BCUT2D eigenvalue weighted by Gasteiger charge is -1.98. The molecule has 0 amide bonds. The van der Waals surface area contributed by atoms with Crippen molar-refractivity contribution in [2.24, 2.45) is 0 Å². The van der Waals surface area contributed by atoms with Gasteiger partial charge in [0.05, 0.1) is 9.85 Å². The Morgan fingerprint density at radius 3 is 1.57 bits per heavy atom. The summed E-state index contributed by atoms with van der Waals surface area (Å²) in [6, 6.07) is 10.1. The number of nitro benzene ring substituents is 2. The first-order chi connectivity index (χ1) is 10.7. The van der Waals surface area contributed by atoms with E-state index in [1.807, 2.05) is 32.9 Å². The zero-order chi connectivity index (χ0) is 17.6. The van der Waals surface area contributed by atoms with E-state index in [2.05, 4.69) is 15.9 Å². The summed E-state index contributed by atoms with van der Waals surface area (Å²) in [5.74, 6) is 0. The van der Waals surface area contributed by atoms with Crippen LogP contribution in [0.5, 0.6) is 0 Å². The Hall–Kier alpha value is -2.28. The van der Waals surface area contributed by atoms with E-state index in [1.165, 1.54) is 0 Å². The molecular weight excluding hydrogens is 364 g/mol. The summed E-state index contributed by atoms with van der Waals surface area (Å²) in [5, 5.41) is 21.4. The standard InChI is InChI=1S/C8H8BrNO2.C8H9NO2/c1-6-2-7(5-9)4-8(3-6)10(11)12;1-6-3-7(2)5-8(4-6)9(10)11/h2-4H,5H2,1H3;3-5H,1-2H3. The Morgan fingerprint density at radius 1 is 0.783 bits per heavy atom. The van der Waals surface area contributed by atoms with E-state index in [9.17, 15) is 20.2 Å². The molecule has 7 heteroatoms. The van der Waals surface area contributed by atoms with Crippen molar-refractivity contribution in [3.8, 4) is 0 Å². The third-order valence-corrected chi connectivity index (χ3v) is 3.55. The van der Waals surface area contributed by atoms with E-state index < -0.39 is 0 Å². The maximum absolute atomic E-state index is 10.4. The number of hydrogen-bond acceptors (Lipinski definition) is 4. The molecular formula is C16H17BrN2O4. The van der Waals surface area contributed by atoms with Crippen LogP contribution >= 0.6 is 15.9 Å². The Labute approximate surface area is 142 Å². The van der Waals surface area contributed by atoms with Crippen molar-refractivity contribution in [2.45, 2.75) is 26.1 Å². The molecule has 0 saturated carbocycles. The smallest absolute Gasteiger partial charge is 0.258 e. The van der Waals surface area contributed by atoms with Crippen LogP contribution in [-0.4, -0.2) is 9.85 Å². The van der Waals surface area contributed by atoms with Gasteiger partial charge >= 0.3 is 0 Å². The minimum Gasteiger partial charge on any atom is -0.258 e. The first-order valence-electron chi connectivity index (χ1n) is 6.76. The lowest BCUT2D eigenvalue weighted by atomic mass is 10.1. The first-order valence-corrected chi connectivity index (χ1v) is 7.88. The van der Waals surface area contributed by atoms with Gasteiger partial charge in [-0.15, -0.1) is 0 Å². The van der Waals surface area contributed by atoms with Gasteiger partial charge in [0.2, 0.25) is 0 Å². The SMILES string of the molecule is Cc1cc(C)cc([N+](=O)[O-])c1.Cc1cc(CBr)cc([N+](=O)[O-])c1. The lowest BCUT2D eigenvalue weighted by molar-refractivity contribution is -0.385. The van der Waals surface area contributed by atoms with Crippen LogP contribution in [0.25, 0.3) is 0 Å². The van der Waals surface area contributed by atoms with E-state index in [4.69, 9.17) is 0 Å². The minimum absolute atomic E-state index is 0.157. The van der Waals surface area contributed by atoms with Crippen LogP contribution in [0, 0.1) is 41.0 Å². The first kappa shape index (κ1) is 18.8. The molecule has 0 heterocycles. The molecule has 0 spiro atoms.